The van der Waals surface area contributed by atoms with Gasteiger partial charge in [0.2, 0.25) is 0 Å². The highest BCUT2D eigenvalue weighted by Crippen LogP contribution is 2.38. The monoisotopic (exact) mass is 354 g/mol. The van der Waals surface area contributed by atoms with E-state index in [2.05, 4.69) is 63.0 Å². The number of hydrogen-bond acceptors (Lipinski definition) is 1. The van der Waals surface area contributed by atoms with Crippen molar-refractivity contribution in [1.29, 1.82) is 0 Å². The van der Waals surface area contributed by atoms with Crippen molar-refractivity contribution in [3.8, 4) is 16.9 Å². The minimum absolute atomic E-state index is 0.843. The zero-order chi connectivity index (χ0) is 12.4. The molecule has 3 heteroatoms. The molecule has 0 spiro atoms. The number of aryl methyl sites for hydroxylation is 1. The van der Waals surface area contributed by atoms with Crippen LogP contribution in [0.3, 0.4) is 0 Å². The molecular weight excluding hydrogens is 344 g/mol. The van der Waals surface area contributed by atoms with Crippen LogP contribution in [0.2, 0.25) is 0 Å². The molecule has 2 rings (SSSR count). The van der Waals surface area contributed by atoms with E-state index in [9.17, 15) is 0 Å². The molecule has 0 heterocycles. The van der Waals surface area contributed by atoms with Gasteiger partial charge >= 0.3 is 0 Å². The Bertz CT molecular complexity index is 550. The Morgan fingerprint density at radius 2 is 1.76 bits per heavy atom. The number of hydrogen-bond donors (Lipinski definition) is 0. The molecule has 0 radical (unpaired) electrons. The maximum absolute atomic E-state index is 5.32. The molecule has 2 aromatic rings. The van der Waals surface area contributed by atoms with E-state index in [1.165, 1.54) is 5.56 Å². The minimum Gasteiger partial charge on any atom is -0.496 e. The molecule has 0 N–H and O–H groups in total. The van der Waals surface area contributed by atoms with Gasteiger partial charge in [-0.15, -0.1) is 0 Å². The van der Waals surface area contributed by atoms with Gasteiger partial charge in [0, 0.05) is 10.0 Å². The van der Waals surface area contributed by atoms with Crippen LogP contribution in [0, 0.1) is 6.92 Å². The van der Waals surface area contributed by atoms with Crippen molar-refractivity contribution in [2.45, 2.75) is 6.92 Å². The largest absolute Gasteiger partial charge is 0.496 e. The van der Waals surface area contributed by atoms with Crippen molar-refractivity contribution in [2.75, 3.05) is 7.11 Å². The second kappa shape index (κ2) is 5.23. The SMILES string of the molecule is COc1cccc(-c2cc(C)ccc2Br)c1Br. The fourth-order valence-electron chi connectivity index (χ4n) is 1.72. The quantitative estimate of drug-likeness (QED) is 0.719. The first kappa shape index (κ1) is 12.7. The average molecular weight is 356 g/mol. The molecule has 88 valence electrons. The van der Waals surface area contributed by atoms with E-state index in [1.54, 1.807) is 7.11 Å². The van der Waals surface area contributed by atoms with Crippen LogP contribution in [0.25, 0.3) is 11.1 Å². The lowest BCUT2D eigenvalue weighted by Gasteiger charge is -2.11. The smallest absolute Gasteiger partial charge is 0.133 e. The van der Waals surface area contributed by atoms with Gasteiger partial charge in [-0.1, -0.05) is 45.8 Å². The zero-order valence-corrected chi connectivity index (χ0v) is 12.8. The lowest BCUT2D eigenvalue weighted by Crippen LogP contribution is -1.88. The van der Waals surface area contributed by atoms with Crippen LogP contribution in [0.1, 0.15) is 5.56 Å². The summed E-state index contributed by atoms with van der Waals surface area (Å²) in [4.78, 5) is 0. The molecule has 0 aliphatic carbocycles. The average Bonchev–Trinajstić information content (AvgIpc) is 2.33. The standard InChI is InChI=1S/C14H12Br2O/c1-9-6-7-12(15)11(8-9)10-4-3-5-13(17-2)14(10)16/h3-8H,1-2H3. The molecule has 0 aliphatic heterocycles. The first-order chi connectivity index (χ1) is 8.13. The summed E-state index contributed by atoms with van der Waals surface area (Å²) in [5.74, 6) is 0.843. The first-order valence-corrected chi connectivity index (χ1v) is 6.81. The predicted octanol–water partition coefficient (Wildman–Crippen LogP) is 5.20. The molecule has 0 unspecified atom stereocenters. The van der Waals surface area contributed by atoms with Crippen LogP contribution in [0.4, 0.5) is 0 Å². The highest BCUT2D eigenvalue weighted by atomic mass is 79.9. The van der Waals surface area contributed by atoms with Crippen LogP contribution in [0.5, 0.6) is 5.75 Å². The van der Waals surface area contributed by atoms with Crippen LogP contribution in [-0.4, -0.2) is 7.11 Å². The van der Waals surface area contributed by atoms with Crippen molar-refractivity contribution in [1.82, 2.24) is 0 Å². The molecule has 0 bridgehead atoms. The molecule has 0 atom stereocenters. The fourth-order valence-corrected chi connectivity index (χ4v) is 2.82. The van der Waals surface area contributed by atoms with Gasteiger partial charge in [0.1, 0.15) is 5.75 Å². The molecule has 0 aromatic heterocycles. The van der Waals surface area contributed by atoms with E-state index in [1.807, 2.05) is 12.1 Å². The van der Waals surface area contributed by atoms with Gasteiger partial charge in [0.15, 0.2) is 0 Å². The lowest BCUT2D eigenvalue weighted by atomic mass is 10.0. The minimum atomic E-state index is 0.843. The van der Waals surface area contributed by atoms with Crippen molar-refractivity contribution in [2.24, 2.45) is 0 Å². The summed E-state index contributed by atoms with van der Waals surface area (Å²) in [6.07, 6.45) is 0. The summed E-state index contributed by atoms with van der Waals surface area (Å²) in [5.41, 5.74) is 3.52. The number of methoxy groups -OCH3 is 1. The summed E-state index contributed by atoms with van der Waals surface area (Å²) in [7, 11) is 1.68. The number of ether oxygens (including phenoxy) is 1. The van der Waals surface area contributed by atoms with Gasteiger partial charge in [0.05, 0.1) is 11.6 Å². The third-order valence-electron chi connectivity index (χ3n) is 2.60. The normalized spacial score (nSPS) is 10.4. The third-order valence-corrected chi connectivity index (χ3v) is 4.10. The second-order valence-electron chi connectivity index (χ2n) is 3.81. The van der Waals surface area contributed by atoms with E-state index < -0.39 is 0 Å². The van der Waals surface area contributed by atoms with Gasteiger partial charge < -0.3 is 4.74 Å². The van der Waals surface area contributed by atoms with Gasteiger partial charge in [-0.3, -0.25) is 0 Å². The summed E-state index contributed by atoms with van der Waals surface area (Å²) < 4.78 is 7.38. The molecule has 0 aliphatic rings. The summed E-state index contributed by atoms with van der Waals surface area (Å²) in [6, 6.07) is 12.3. The highest BCUT2D eigenvalue weighted by Gasteiger charge is 2.10. The van der Waals surface area contributed by atoms with E-state index in [0.29, 0.717) is 0 Å². The molecule has 0 amide bonds. The Labute approximate surface area is 118 Å². The van der Waals surface area contributed by atoms with Crippen LogP contribution in [0.15, 0.2) is 45.3 Å². The maximum atomic E-state index is 5.32. The second-order valence-corrected chi connectivity index (χ2v) is 5.45. The first-order valence-electron chi connectivity index (χ1n) is 5.22. The number of benzene rings is 2. The van der Waals surface area contributed by atoms with E-state index in [0.717, 1.165) is 25.8 Å². The Balaban J connectivity index is 2.64. The lowest BCUT2D eigenvalue weighted by molar-refractivity contribution is 0.412. The van der Waals surface area contributed by atoms with Gasteiger partial charge in [-0.2, -0.15) is 0 Å². The Morgan fingerprint density at radius 3 is 2.47 bits per heavy atom. The Morgan fingerprint density at radius 1 is 1.00 bits per heavy atom. The van der Waals surface area contributed by atoms with Gasteiger partial charge in [0.25, 0.3) is 0 Å². The number of rotatable bonds is 2. The molecule has 17 heavy (non-hydrogen) atoms. The van der Waals surface area contributed by atoms with Crippen molar-refractivity contribution < 1.29 is 4.74 Å². The van der Waals surface area contributed by atoms with E-state index in [-0.39, 0.29) is 0 Å². The van der Waals surface area contributed by atoms with Crippen LogP contribution in [-0.2, 0) is 0 Å². The molecule has 2 aromatic carbocycles. The summed E-state index contributed by atoms with van der Waals surface area (Å²) >= 11 is 7.18. The molecular formula is C14H12Br2O. The van der Waals surface area contributed by atoms with Crippen molar-refractivity contribution >= 4 is 31.9 Å². The van der Waals surface area contributed by atoms with Crippen molar-refractivity contribution in [3.63, 3.8) is 0 Å². The molecule has 0 saturated carbocycles. The van der Waals surface area contributed by atoms with Crippen LogP contribution >= 0.6 is 31.9 Å². The zero-order valence-electron chi connectivity index (χ0n) is 9.63. The highest BCUT2D eigenvalue weighted by molar-refractivity contribution is 9.11. The van der Waals surface area contributed by atoms with Gasteiger partial charge in [-0.25, -0.2) is 0 Å². The summed E-state index contributed by atoms with van der Waals surface area (Å²) in [6.45, 7) is 2.09. The predicted molar refractivity (Wildman–Crippen MR) is 78.6 cm³/mol. The molecule has 1 nitrogen and oxygen atoms in total. The van der Waals surface area contributed by atoms with Crippen LogP contribution < -0.4 is 4.74 Å². The fraction of sp³-hybridized carbons (Fsp3) is 0.143. The van der Waals surface area contributed by atoms with E-state index in [4.69, 9.17) is 4.74 Å². The number of halogens is 2. The third kappa shape index (κ3) is 2.55. The van der Waals surface area contributed by atoms with Gasteiger partial charge in [-0.05, 0) is 40.5 Å². The van der Waals surface area contributed by atoms with Crippen molar-refractivity contribution in [3.05, 3.63) is 50.9 Å². The Kier molecular flexibility index (Phi) is 3.89. The molecule has 0 saturated heterocycles. The molecule has 0 fully saturated rings. The Hall–Kier alpha value is -0.800. The maximum Gasteiger partial charge on any atom is 0.133 e. The topological polar surface area (TPSA) is 9.23 Å². The van der Waals surface area contributed by atoms with E-state index >= 15 is 0 Å². The summed E-state index contributed by atoms with van der Waals surface area (Å²) in [5, 5.41) is 0.